The van der Waals surface area contributed by atoms with Gasteiger partial charge in [-0.15, -0.1) is 0 Å². The molecule has 1 aliphatic heterocycles. The SMILES string of the molecule is CC(NC(=O)C(NC(=O)C(N)Cc1cnc[nH]1)C(C)O)C(=O)N1CCCC1C(=O)O. The molecule has 12 nitrogen and oxygen atoms in total. The molecule has 0 saturated carbocycles. The number of carbonyl (C=O) groups is 4. The third-order valence-corrected chi connectivity index (χ3v) is 4.94. The van der Waals surface area contributed by atoms with Crippen LogP contribution in [0.2, 0.25) is 0 Å². The number of H-pyrrole nitrogens is 1. The molecule has 1 aromatic heterocycles. The number of nitrogens with zero attached hydrogens (tertiary/aromatic N) is 2. The number of nitrogens with one attached hydrogen (secondary N) is 3. The predicted molar refractivity (Wildman–Crippen MR) is 104 cm³/mol. The molecular formula is C18H28N6O6. The summed E-state index contributed by atoms with van der Waals surface area (Å²) in [6.45, 7) is 3.02. The van der Waals surface area contributed by atoms with E-state index in [0.717, 1.165) is 0 Å². The normalized spacial score (nSPS) is 20.1. The molecule has 166 valence electrons. The first kappa shape index (κ1) is 23.3. The Bertz CT molecular complexity index is 767. The lowest BCUT2D eigenvalue weighted by Crippen LogP contribution is -2.59. The number of hydrogen-bond donors (Lipinski definition) is 6. The molecule has 12 heteroatoms. The lowest BCUT2D eigenvalue weighted by atomic mass is 10.1. The van der Waals surface area contributed by atoms with E-state index in [2.05, 4.69) is 20.6 Å². The van der Waals surface area contributed by atoms with Crippen LogP contribution in [0.5, 0.6) is 0 Å². The van der Waals surface area contributed by atoms with Gasteiger partial charge in [-0.25, -0.2) is 9.78 Å². The maximum absolute atomic E-state index is 12.6. The highest BCUT2D eigenvalue weighted by Gasteiger charge is 2.37. The van der Waals surface area contributed by atoms with Crippen LogP contribution in [-0.2, 0) is 25.6 Å². The zero-order valence-electron chi connectivity index (χ0n) is 16.9. The van der Waals surface area contributed by atoms with Crippen molar-refractivity contribution in [2.75, 3.05) is 6.54 Å². The lowest BCUT2D eigenvalue weighted by Gasteiger charge is -2.27. The summed E-state index contributed by atoms with van der Waals surface area (Å²) in [7, 11) is 0. The van der Waals surface area contributed by atoms with Crippen molar-refractivity contribution in [3.8, 4) is 0 Å². The number of rotatable bonds is 9. The van der Waals surface area contributed by atoms with E-state index in [0.29, 0.717) is 18.5 Å². The Labute approximate surface area is 173 Å². The maximum Gasteiger partial charge on any atom is 0.326 e. The van der Waals surface area contributed by atoms with E-state index in [1.165, 1.54) is 31.3 Å². The molecule has 0 aliphatic carbocycles. The minimum absolute atomic E-state index is 0.153. The lowest BCUT2D eigenvalue weighted by molar-refractivity contribution is -0.149. The van der Waals surface area contributed by atoms with Crippen LogP contribution in [-0.4, -0.2) is 85.6 Å². The van der Waals surface area contributed by atoms with Crippen LogP contribution in [0.25, 0.3) is 0 Å². The van der Waals surface area contributed by atoms with Crippen molar-refractivity contribution < 1.29 is 29.4 Å². The summed E-state index contributed by atoms with van der Waals surface area (Å²) in [5, 5.41) is 24.0. The minimum Gasteiger partial charge on any atom is -0.480 e. The van der Waals surface area contributed by atoms with Crippen LogP contribution in [0.4, 0.5) is 0 Å². The summed E-state index contributed by atoms with van der Waals surface area (Å²) in [6.07, 6.45) is 2.77. The Hall–Kier alpha value is -2.99. The summed E-state index contributed by atoms with van der Waals surface area (Å²) in [5.41, 5.74) is 6.48. The van der Waals surface area contributed by atoms with Gasteiger partial charge in [0.2, 0.25) is 17.7 Å². The van der Waals surface area contributed by atoms with Crippen molar-refractivity contribution in [3.05, 3.63) is 18.2 Å². The van der Waals surface area contributed by atoms with E-state index in [4.69, 9.17) is 5.73 Å². The number of aliphatic hydroxyl groups excluding tert-OH is 1. The average Bonchev–Trinajstić information content (AvgIpc) is 3.36. The number of aromatic amines is 1. The summed E-state index contributed by atoms with van der Waals surface area (Å²) >= 11 is 0. The second-order valence-electron chi connectivity index (χ2n) is 7.37. The number of carboxylic acid groups (broad SMARTS) is 1. The number of aliphatic hydroxyl groups is 1. The molecule has 0 aromatic carbocycles. The number of hydrogen-bond acceptors (Lipinski definition) is 7. The molecule has 7 N–H and O–H groups in total. The van der Waals surface area contributed by atoms with Gasteiger partial charge in [0, 0.05) is 24.9 Å². The fraction of sp³-hybridized carbons (Fsp3) is 0.611. The summed E-state index contributed by atoms with van der Waals surface area (Å²) in [5.74, 6) is -3.08. The molecular weight excluding hydrogens is 396 g/mol. The van der Waals surface area contributed by atoms with Crippen LogP contribution < -0.4 is 16.4 Å². The molecule has 3 amide bonds. The Morgan fingerprint density at radius 1 is 1.30 bits per heavy atom. The quantitative estimate of drug-likeness (QED) is 0.255. The van der Waals surface area contributed by atoms with Crippen LogP contribution in [0.15, 0.2) is 12.5 Å². The van der Waals surface area contributed by atoms with Crippen LogP contribution in [0.3, 0.4) is 0 Å². The molecule has 0 spiro atoms. The average molecular weight is 424 g/mol. The molecule has 0 bridgehead atoms. The molecule has 1 aliphatic rings. The summed E-state index contributed by atoms with van der Waals surface area (Å²) in [6, 6.07) is -4.28. The molecule has 5 unspecified atom stereocenters. The van der Waals surface area contributed by atoms with Gasteiger partial charge in [-0.1, -0.05) is 0 Å². The van der Waals surface area contributed by atoms with Gasteiger partial charge in [0.15, 0.2) is 0 Å². The van der Waals surface area contributed by atoms with Gasteiger partial charge < -0.3 is 36.5 Å². The number of carbonyl (C=O) groups excluding carboxylic acids is 3. The van der Waals surface area contributed by atoms with E-state index < -0.39 is 54.0 Å². The number of likely N-dealkylation sites (tertiary alicyclic amines) is 1. The van der Waals surface area contributed by atoms with E-state index in [1.54, 1.807) is 0 Å². The third-order valence-electron chi connectivity index (χ3n) is 4.94. The summed E-state index contributed by atoms with van der Waals surface area (Å²) < 4.78 is 0. The minimum atomic E-state index is -1.34. The number of carboxylic acids is 1. The molecule has 0 radical (unpaired) electrons. The summed E-state index contributed by atoms with van der Waals surface area (Å²) in [4.78, 5) is 56.6. The Balaban J connectivity index is 1.96. The molecule has 1 saturated heterocycles. The van der Waals surface area contributed by atoms with Crippen LogP contribution in [0.1, 0.15) is 32.4 Å². The highest BCUT2D eigenvalue weighted by molar-refractivity contribution is 5.94. The monoisotopic (exact) mass is 424 g/mol. The second-order valence-corrected chi connectivity index (χ2v) is 7.37. The van der Waals surface area contributed by atoms with Gasteiger partial charge in [0.25, 0.3) is 0 Å². The number of amides is 3. The molecule has 2 heterocycles. The maximum atomic E-state index is 12.6. The number of aliphatic carboxylic acids is 1. The highest BCUT2D eigenvalue weighted by atomic mass is 16.4. The standard InChI is InChI=1S/C18H28N6O6/c1-9(17(28)24-5-3-4-13(24)18(29)30)22-16(27)14(10(2)25)23-15(26)12(19)6-11-7-20-8-21-11/h7-10,12-14,25H,3-6,19H2,1-2H3,(H,20,21)(H,22,27)(H,23,26)(H,29,30). The van der Waals surface area contributed by atoms with E-state index >= 15 is 0 Å². The van der Waals surface area contributed by atoms with E-state index in [9.17, 15) is 29.4 Å². The molecule has 1 fully saturated rings. The van der Waals surface area contributed by atoms with Crippen molar-refractivity contribution in [3.63, 3.8) is 0 Å². The van der Waals surface area contributed by atoms with E-state index in [1.807, 2.05) is 0 Å². The van der Waals surface area contributed by atoms with Gasteiger partial charge in [0.1, 0.15) is 18.1 Å². The Morgan fingerprint density at radius 2 is 2.00 bits per heavy atom. The first-order valence-electron chi connectivity index (χ1n) is 9.66. The first-order valence-corrected chi connectivity index (χ1v) is 9.66. The van der Waals surface area contributed by atoms with Gasteiger partial charge in [-0.3, -0.25) is 14.4 Å². The van der Waals surface area contributed by atoms with Gasteiger partial charge in [0.05, 0.1) is 18.5 Å². The van der Waals surface area contributed by atoms with Crippen LogP contribution >= 0.6 is 0 Å². The van der Waals surface area contributed by atoms with Crippen molar-refractivity contribution in [1.82, 2.24) is 25.5 Å². The Morgan fingerprint density at radius 3 is 2.57 bits per heavy atom. The fourth-order valence-corrected chi connectivity index (χ4v) is 3.29. The first-order chi connectivity index (χ1) is 14.1. The molecule has 1 aromatic rings. The highest BCUT2D eigenvalue weighted by Crippen LogP contribution is 2.18. The smallest absolute Gasteiger partial charge is 0.326 e. The van der Waals surface area contributed by atoms with Gasteiger partial charge >= 0.3 is 5.97 Å². The fourth-order valence-electron chi connectivity index (χ4n) is 3.29. The molecule has 2 rings (SSSR count). The van der Waals surface area contributed by atoms with Gasteiger partial charge in [-0.2, -0.15) is 0 Å². The van der Waals surface area contributed by atoms with Crippen molar-refractivity contribution in [1.29, 1.82) is 0 Å². The number of imidazole rings is 1. The van der Waals surface area contributed by atoms with Crippen molar-refractivity contribution in [2.45, 2.75) is 63.4 Å². The largest absolute Gasteiger partial charge is 0.480 e. The van der Waals surface area contributed by atoms with Crippen molar-refractivity contribution >= 4 is 23.7 Å². The van der Waals surface area contributed by atoms with Crippen molar-refractivity contribution in [2.24, 2.45) is 5.73 Å². The third kappa shape index (κ3) is 5.76. The second kappa shape index (κ2) is 10.2. The zero-order valence-corrected chi connectivity index (χ0v) is 16.9. The molecule has 5 atom stereocenters. The Kier molecular flexibility index (Phi) is 7.89. The van der Waals surface area contributed by atoms with Gasteiger partial charge in [-0.05, 0) is 26.7 Å². The zero-order chi connectivity index (χ0) is 22.4. The number of aromatic nitrogens is 2. The predicted octanol–water partition coefficient (Wildman–Crippen LogP) is -2.27. The topological polar surface area (TPSA) is 191 Å². The number of nitrogens with two attached hydrogens (primary N) is 1. The van der Waals surface area contributed by atoms with Crippen LogP contribution in [0, 0.1) is 0 Å². The van der Waals surface area contributed by atoms with E-state index in [-0.39, 0.29) is 13.0 Å². The molecule has 30 heavy (non-hydrogen) atoms.